The monoisotopic (exact) mass is 343 g/mol. The highest BCUT2D eigenvalue weighted by Crippen LogP contribution is 2.22. The molecule has 3 rings (SSSR count). The van der Waals surface area contributed by atoms with Gasteiger partial charge in [-0.25, -0.2) is 0 Å². The highest BCUT2D eigenvalue weighted by molar-refractivity contribution is 5.97. The number of piperidine rings is 2. The van der Waals surface area contributed by atoms with Gasteiger partial charge in [0, 0.05) is 30.9 Å². The van der Waals surface area contributed by atoms with Crippen LogP contribution in [0, 0.1) is 18.8 Å². The van der Waals surface area contributed by atoms with E-state index in [0.717, 1.165) is 56.7 Å². The normalized spacial score (nSPS) is 24.0. The smallest absolute Gasteiger partial charge is 0.253 e. The van der Waals surface area contributed by atoms with Crippen molar-refractivity contribution >= 4 is 17.5 Å². The summed E-state index contributed by atoms with van der Waals surface area (Å²) in [6.07, 6.45) is 4.25. The van der Waals surface area contributed by atoms with Gasteiger partial charge in [0.2, 0.25) is 5.91 Å². The molecule has 2 unspecified atom stereocenters. The van der Waals surface area contributed by atoms with Crippen LogP contribution in [0.25, 0.3) is 0 Å². The summed E-state index contributed by atoms with van der Waals surface area (Å²) in [7, 11) is 0. The molecule has 2 aliphatic rings. The third kappa shape index (κ3) is 4.40. The molecule has 2 fully saturated rings. The fourth-order valence-corrected chi connectivity index (χ4v) is 3.80. The average Bonchev–Trinajstić information content (AvgIpc) is 2.63. The number of benzene rings is 1. The molecule has 2 saturated heterocycles. The largest absolute Gasteiger partial charge is 0.338 e. The third-order valence-electron chi connectivity index (χ3n) is 5.34. The van der Waals surface area contributed by atoms with E-state index in [1.807, 2.05) is 30.0 Å². The lowest BCUT2D eigenvalue weighted by atomic mass is 9.98. The molecule has 0 saturated carbocycles. The zero-order valence-corrected chi connectivity index (χ0v) is 15.3. The number of likely N-dealkylation sites (tertiary alicyclic amines) is 1. The zero-order chi connectivity index (χ0) is 17.8. The Morgan fingerprint density at radius 2 is 2.08 bits per heavy atom. The highest BCUT2D eigenvalue weighted by atomic mass is 16.2. The number of nitrogens with zero attached hydrogens (tertiary/aromatic N) is 1. The van der Waals surface area contributed by atoms with E-state index >= 15 is 0 Å². The fraction of sp³-hybridized carbons (Fsp3) is 0.600. The average molecular weight is 343 g/mol. The molecule has 0 aromatic heterocycles. The van der Waals surface area contributed by atoms with Gasteiger partial charge in [-0.15, -0.1) is 0 Å². The maximum Gasteiger partial charge on any atom is 0.253 e. The number of hydrogen-bond acceptors (Lipinski definition) is 3. The lowest BCUT2D eigenvalue weighted by Gasteiger charge is -2.31. The van der Waals surface area contributed by atoms with Gasteiger partial charge >= 0.3 is 0 Å². The molecule has 2 heterocycles. The Kier molecular flexibility index (Phi) is 5.74. The summed E-state index contributed by atoms with van der Waals surface area (Å²) in [5.74, 6) is 0.772. The van der Waals surface area contributed by atoms with E-state index < -0.39 is 0 Å². The zero-order valence-electron chi connectivity index (χ0n) is 15.3. The molecule has 136 valence electrons. The van der Waals surface area contributed by atoms with Crippen molar-refractivity contribution in [3.05, 3.63) is 29.3 Å². The Hall–Kier alpha value is -1.88. The van der Waals surface area contributed by atoms with Crippen LogP contribution in [0.3, 0.4) is 0 Å². The first-order valence-electron chi connectivity index (χ1n) is 9.46. The molecule has 0 spiro atoms. The Labute approximate surface area is 150 Å². The second kappa shape index (κ2) is 8.00. The summed E-state index contributed by atoms with van der Waals surface area (Å²) in [5.41, 5.74) is 2.45. The van der Waals surface area contributed by atoms with Crippen LogP contribution in [0.5, 0.6) is 0 Å². The summed E-state index contributed by atoms with van der Waals surface area (Å²) < 4.78 is 0. The molecule has 2 atom stereocenters. The predicted molar refractivity (Wildman–Crippen MR) is 99.7 cm³/mol. The molecule has 0 radical (unpaired) electrons. The fourth-order valence-electron chi connectivity index (χ4n) is 3.80. The highest BCUT2D eigenvalue weighted by Gasteiger charge is 2.24. The molecule has 5 heteroatoms. The second-order valence-electron chi connectivity index (χ2n) is 7.56. The van der Waals surface area contributed by atoms with Gasteiger partial charge in [-0.3, -0.25) is 9.59 Å². The second-order valence-corrected chi connectivity index (χ2v) is 7.56. The Morgan fingerprint density at radius 1 is 1.24 bits per heavy atom. The van der Waals surface area contributed by atoms with Crippen molar-refractivity contribution in [3.8, 4) is 0 Å². The SMILES string of the molecule is Cc1cc(C(=O)N2CCCC(C)C2)ccc1NC(=O)C1CCCNC1. The number of rotatable bonds is 3. The Bertz CT molecular complexity index is 638. The van der Waals surface area contributed by atoms with Gasteiger partial charge < -0.3 is 15.5 Å². The lowest BCUT2D eigenvalue weighted by molar-refractivity contribution is -0.120. The lowest BCUT2D eigenvalue weighted by Crippen LogP contribution is -2.39. The Balaban J connectivity index is 1.65. The number of anilines is 1. The van der Waals surface area contributed by atoms with Crippen molar-refractivity contribution in [1.29, 1.82) is 0 Å². The third-order valence-corrected chi connectivity index (χ3v) is 5.34. The standard InChI is InChI=1S/C20H29N3O2/c1-14-5-4-10-23(13-14)20(25)16-7-8-18(15(2)11-16)22-19(24)17-6-3-9-21-12-17/h7-8,11,14,17,21H,3-6,9-10,12-13H2,1-2H3,(H,22,24). The van der Waals surface area contributed by atoms with E-state index in [2.05, 4.69) is 17.6 Å². The van der Waals surface area contributed by atoms with Gasteiger partial charge in [0.05, 0.1) is 5.92 Å². The van der Waals surface area contributed by atoms with Crippen LogP contribution >= 0.6 is 0 Å². The quantitative estimate of drug-likeness (QED) is 0.887. The molecule has 0 aliphatic carbocycles. The molecule has 0 bridgehead atoms. The van der Waals surface area contributed by atoms with Crippen molar-refractivity contribution in [3.63, 3.8) is 0 Å². The van der Waals surface area contributed by atoms with E-state index in [9.17, 15) is 9.59 Å². The van der Waals surface area contributed by atoms with Crippen LogP contribution in [0.15, 0.2) is 18.2 Å². The minimum absolute atomic E-state index is 0.0318. The molecule has 2 aliphatic heterocycles. The summed E-state index contributed by atoms with van der Waals surface area (Å²) in [6.45, 7) is 7.57. The molecule has 25 heavy (non-hydrogen) atoms. The van der Waals surface area contributed by atoms with E-state index in [1.165, 1.54) is 6.42 Å². The molecule has 1 aromatic rings. The van der Waals surface area contributed by atoms with Gasteiger partial charge in [0.1, 0.15) is 0 Å². The maximum absolute atomic E-state index is 12.7. The number of nitrogens with one attached hydrogen (secondary N) is 2. The molecular weight excluding hydrogens is 314 g/mol. The van der Waals surface area contributed by atoms with Crippen LogP contribution in [-0.2, 0) is 4.79 Å². The van der Waals surface area contributed by atoms with Crippen LogP contribution in [0.4, 0.5) is 5.69 Å². The van der Waals surface area contributed by atoms with E-state index in [0.29, 0.717) is 11.5 Å². The van der Waals surface area contributed by atoms with Gasteiger partial charge in [0.25, 0.3) is 5.91 Å². The summed E-state index contributed by atoms with van der Waals surface area (Å²) in [4.78, 5) is 27.1. The predicted octanol–water partition coefficient (Wildman–Crippen LogP) is 2.81. The first-order chi connectivity index (χ1) is 12.0. The summed E-state index contributed by atoms with van der Waals surface area (Å²) in [6, 6.07) is 5.60. The number of amides is 2. The van der Waals surface area contributed by atoms with Crippen molar-refractivity contribution in [1.82, 2.24) is 10.2 Å². The minimum atomic E-state index is 0.0318. The van der Waals surface area contributed by atoms with Gasteiger partial charge in [-0.05, 0) is 68.8 Å². The molecular formula is C20H29N3O2. The van der Waals surface area contributed by atoms with Crippen LogP contribution in [0.1, 0.15) is 48.5 Å². The Morgan fingerprint density at radius 3 is 2.76 bits per heavy atom. The van der Waals surface area contributed by atoms with Gasteiger partial charge in [-0.1, -0.05) is 6.92 Å². The van der Waals surface area contributed by atoms with Crippen molar-refractivity contribution in [2.75, 3.05) is 31.5 Å². The van der Waals surface area contributed by atoms with E-state index in [1.54, 1.807) is 0 Å². The number of hydrogen-bond donors (Lipinski definition) is 2. The maximum atomic E-state index is 12.7. The first kappa shape index (κ1) is 17.9. The molecule has 1 aromatic carbocycles. The number of carbonyl (C=O) groups is 2. The van der Waals surface area contributed by atoms with Crippen LogP contribution < -0.4 is 10.6 Å². The summed E-state index contributed by atoms with van der Waals surface area (Å²) in [5, 5.41) is 6.30. The van der Waals surface area contributed by atoms with Crippen molar-refractivity contribution in [2.45, 2.75) is 39.5 Å². The van der Waals surface area contributed by atoms with Crippen LogP contribution in [0.2, 0.25) is 0 Å². The topological polar surface area (TPSA) is 61.4 Å². The summed E-state index contributed by atoms with van der Waals surface area (Å²) >= 11 is 0. The van der Waals surface area contributed by atoms with Crippen molar-refractivity contribution in [2.24, 2.45) is 11.8 Å². The van der Waals surface area contributed by atoms with E-state index in [-0.39, 0.29) is 17.7 Å². The molecule has 5 nitrogen and oxygen atoms in total. The molecule has 2 amide bonds. The number of aryl methyl sites for hydroxylation is 1. The molecule has 2 N–H and O–H groups in total. The van der Waals surface area contributed by atoms with Gasteiger partial charge in [-0.2, -0.15) is 0 Å². The minimum Gasteiger partial charge on any atom is -0.338 e. The first-order valence-corrected chi connectivity index (χ1v) is 9.46. The van der Waals surface area contributed by atoms with Crippen molar-refractivity contribution < 1.29 is 9.59 Å². The van der Waals surface area contributed by atoms with Crippen LogP contribution in [-0.4, -0.2) is 42.9 Å². The number of carbonyl (C=O) groups excluding carboxylic acids is 2. The van der Waals surface area contributed by atoms with E-state index in [4.69, 9.17) is 0 Å². The van der Waals surface area contributed by atoms with Gasteiger partial charge in [0.15, 0.2) is 0 Å².